The highest BCUT2D eigenvalue weighted by molar-refractivity contribution is 5.55. The number of benzene rings is 1. The van der Waals surface area contributed by atoms with E-state index in [0.717, 1.165) is 0 Å². The van der Waals surface area contributed by atoms with Crippen LogP contribution >= 0.6 is 0 Å². The first kappa shape index (κ1) is 13.4. The van der Waals surface area contributed by atoms with Gasteiger partial charge in [0.1, 0.15) is 11.9 Å². The van der Waals surface area contributed by atoms with E-state index in [9.17, 15) is 0 Å². The lowest BCUT2D eigenvalue weighted by atomic mass is 10.2. The molecule has 0 amide bonds. The van der Waals surface area contributed by atoms with Crippen molar-refractivity contribution >= 4 is 0 Å². The maximum Gasteiger partial charge on any atom is 0.203 e. The van der Waals surface area contributed by atoms with Crippen LogP contribution in [-0.2, 0) is 0 Å². The van der Waals surface area contributed by atoms with Gasteiger partial charge in [0.15, 0.2) is 11.5 Å². The van der Waals surface area contributed by atoms with Crippen molar-refractivity contribution in [1.82, 2.24) is 0 Å². The molecule has 0 spiro atoms. The summed E-state index contributed by atoms with van der Waals surface area (Å²) in [6, 6.07) is 3.49. The molecule has 17 heavy (non-hydrogen) atoms. The van der Waals surface area contributed by atoms with Crippen LogP contribution in [0.2, 0.25) is 0 Å². The second-order valence-electron chi connectivity index (χ2n) is 3.53. The molecule has 0 aliphatic heterocycles. The summed E-state index contributed by atoms with van der Waals surface area (Å²) in [5, 5.41) is 0. The molecule has 0 saturated carbocycles. The monoisotopic (exact) mass is 241 g/mol. The second kappa shape index (κ2) is 6.20. The topological polar surface area (TPSA) is 62.9 Å². The summed E-state index contributed by atoms with van der Waals surface area (Å²) in [7, 11) is 4.68. The quantitative estimate of drug-likeness (QED) is 0.816. The van der Waals surface area contributed by atoms with Crippen molar-refractivity contribution in [3.05, 3.63) is 12.1 Å². The molecule has 0 heterocycles. The highest BCUT2D eigenvalue weighted by Gasteiger charge is 2.14. The van der Waals surface area contributed by atoms with Crippen LogP contribution in [0.5, 0.6) is 23.0 Å². The lowest BCUT2D eigenvalue weighted by molar-refractivity contribution is 0.226. The van der Waals surface area contributed by atoms with E-state index in [1.807, 2.05) is 6.92 Å². The van der Waals surface area contributed by atoms with Gasteiger partial charge in [-0.1, -0.05) is 0 Å². The van der Waals surface area contributed by atoms with E-state index in [2.05, 4.69) is 0 Å². The molecule has 0 radical (unpaired) electrons. The minimum Gasteiger partial charge on any atom is -0.493 e. The Kier molecular flexibility index (Phi) is 4.90. The summed E-state index contributed by atoms with van der Waals surface area (Å²) < 4.78 is 21.3. The molecule has 5 nitrogen and oxygen atoms in total. The van der Waals surface area contributed by atoms with Crippen molar-refractivity contribution in [1.29, 1.82) is 0 Å². The fourth-order valence-electron chi connectivity index (χ4n) is 1.41. The van der Waals surface area contributed by atoms with E-state index in [0.29, 0.717) is 29.5 Å². The summed E-state index contributed by atoms with van der Waals surface area (Å²) in [6.07, 6.45) is -0.0715. The second-order valence-corrected chi connectivity index (χ2v) is 3.53. The standard InChI is InChI=1S/C12H19NO4/c1-8(7-13)17-9-5-10(14-2)12(16-4)11(6-9)15-3/h5-6,8H,7,13H2,1-4H3. The third-order valence-corrected chi connectivity index (χ3v) is 2.31. The molecular weight excluding hydrogens is 222 g/mol. The van der Waals surface area contributed by atoms with Gasteiger partial charge < -0.3 is 24.7 Å². The molecule has 0 saturated heterocycles. The molecule has 0 bridgehead atoms. The highest BCUT2D eigenvalue weighted by atomic mass is 16.5. The SMILES string of the molecule is COc1cc(OC(C)CN)cc(OC)c1OC. The Morgan fingerprint density at radius 3 is 1.94 bits per heavy atom. The van der Waals surface area contributed by atoms with Crippen molar-refractivity contribution in [3.8, 4) is 23.0 Å². The number of nitrogens with two attached hydrogens (primary N) is 1. The number of hydrogen-bond donors (Lipinski definition) is 1. The van der Waals surface area contributed by atoms with Gasteiger partial charge in [0.05, 0.1) is 21.3 Å². The summed E-state index contributed by atoms with van der Waals surface area (Å²) in [5.41, 5.74) is 5.50. The Labute approximate surface area is 101 Å². The van der Waals surface area contributed by atoms with Crippen molar-refractivity contribution in [3.63, 3.8) is 0 Å². The van der Waals surface area contributed by atoms with Crippen LogP contribution in [0.1, 0.15) is 6.92 Å². The maximum atomic E-state index is 5.61. The first-order chi connectivity index (χ1) is 8.15. The molecule has 1 unspecified atom stereocenters. The van der Waals surface area contributed by atoms with E-state index in [1.165, 1.54) is 0 Å². The number of hydrogen-bond acceptors (Lipinski definition) is 5. The van der Waals surface area contributed by atoms with Gasteiger partial charge in [0.2, 0.25) is 5.75 Å². The van der Waals surface area contributed by atoms with Crippen LogP contribution in [0.4, 0.5) is 0 Å². The van der Waals surface area contributed by atoms with E-state index >= 15 is 0 Å². The van der Waals surface area contributed by atoms with E-state index in [-0.39, 0.29) is 6.10 Å². The zero-order valence-corrected chi connectivity index (χ0v) is 10.6. The molecule has 1 aromatic carbocycles. The van der Waals surface area contributed by atoms with E-state index in [1.54, 1.807) is 33.5 Å². The third kappa shape index (κ3) is 3.17. The minimum atomic E-state index is -0.0715. The zero-order chi connectivity index (χ0) is 12.8. The molecule has 0 fully saturated rings. The van der Waals surface area contributed by atoms with Crippen LogP contribution < -0.4 is 24.7 Å². The summed E-state index contributed by atoms with van der Waals surface area (Å²) >= 11 is 0. The van der Waals surface area contributed by atoms with Crippen LogP contribution in [0, 0.1) is 0 Å². The summed E-state index contributed by atoms with van der Waals surface area (Å²) in [6.45, 7) is 2.33. The van der Waals surface area contributed by atoms with Gasteiger partial charge in [-0.05, 0) is 6.92 Å². The molecule has 0 aliphatic carbocycles. The summed E-state index contributed by atoms with van der Waals surface area (Å²) in [5.74, 6) is 2.30. The molecule has 0 aromatic heterocycles. The minimum absolute atomic E-state index is 0.0715. The average molecular weight is 241 g/mol. The first-order valence-electron chi connectivity index (χ1n) is 5.33. The third-order valence-electron chi connectivity index (χ3n) is 2.31. The van der Waals surface area contributed by atoms with E-state index in [4.69, 9.17) is 24.7 Å². The fraction of sp³-hybridized carbons (Fsp3) is 0.500. The van der Waals surface area contributed by atoms with Crippen molar-refractivity contribution in [2.75, 3.05) is 27.9 Å². The van der Waals surface area contributed by atoms with Gasteiger partial charge in [-0.25, -0.2) is 0 Å². The average Bonchev–Trinajstić information content (AvgIpc) is 2.37. The van der Waals surface area contributed by atoms with Crippen LogP contribution in [0.15, 0.2) is 12.1 Å². The Morgan fingerprint density at radius 1 is 1.06 bits per heavy atom. The van der Waals surface area contributed by atoms with Crippen LogP contribution in [0.3, 0.4) is 0 Å². The van der Waals surface area contributed by atoms with Crippen molar-refractivity contribution in [2.24, 2.45) is 5.73 Å². The highest BCUT2D eigenvalue weighted by Crippen LogP contribution is 2.40. The largest absolute Gasteiger partial charge is 0.493 e. The molecule has 2 N–H and O–H groups in total. The maximum absolute atomic E-state index is 5.61. The smallest absolute Gasteiger partial charge is 0.203 e. The lowest BCUT2D eigenvalue weighted by Crippen LogP contribution is -2.22. The van der Waals surface area contributed by atoms with Crippen molar-refractivity contribution < 1.29 is 18.9 Å². The van der Waals surface area contributed by atoms with Gasteiger partial charge >= 0.3 is 0 Å². The van der Waals surface area contributed by atoms with Crippen LogP contribution in [0.25, 0.3) is 0 Å². The number of rotatable bonds is 6. The van der Waals surface area contributed by atoms with Gasteiger partial charge in [0, 0.05) is 18.7 Å². The Bertz CT molecular complexity index is 343. The lowest BCUT2D eigenvalue weighted by Gasteiger charge is -2.17. The van der Waals surface area contributed by atoms with Gasteiger partial charge in [-0.15, -0.1) is 0 Å². The molecule has 5 heteroatoms. The molecule has 1 aromatic rings. The van der Waals surface area contributed by atoms with Gasteiger partial charge in [-0.3, -0.25) is 0 Å². The molecule has 1 rings (SSSR count). The fourth-order valence-corrected chi connectivity index (χ4v) is 1.41. The predicted octanol–water partition coefficient (Wildman–Crippen LogP) is 1.44. The molecule has 1 atom stereocenters. The normalized spacial score (nSPS) is 11.8. The first-order valence-corrected chi connectivity index (χ1v) is 5.33. The van der Waals surface area contributed by atoms with Crippen LogP contribution in [-0.4, -0.2) is 34.0 Å². The molecule has 96 valence electrons. The zero-order valence-electron chi connectivity index (χ0n) is 10.6. The number of methoxy groups -OCH3 is 3. The molecular formula is C12H19NO4. The Balaban J connectivity index is 3.08. The number of ether oxygens (including phenoxy) is 4. The Hall–Kier alpha value is -1.62. The van der Waals surface area contributed by atoms with Gasteiger partial charge in [-0.2, -0.15) is 0 Å². The summed E-state index contributed by atoms with van der Waals surface area (Å²) in [4.78, 5) is 0. The van der Waals surface area contributed by atoms with E-state index < -0.39 is 0 Å². The predicted molar refractivity (Wildman–Crippen MR) is 65.2 cm³/mol. The van der Waals surface area contributed by atoms with Crippen molar-refractivity contribution in [2.45, 2.75) is 13.0 Å². The Morgan fingerprint density at radius 2 is 1.59 bits per heavy atom. The molecule has 0 aliphatic rings. The van der Waals surface area contributed by atoms with Gasteiger partial charge in [0.25, 0.3) is 0 Å².